The second kappa shape index (κ2) is 7.23. The molecule has 2 fully saturated rings. The molecule has 24 heavy (non-hydrogen) atoms. The summed E-state index contributed by atoms with van der Waals surface area (Å²) in [4.78, 5) is 30.9. The van der Waals surface area contributed by atoms with Gasteiger partial charge in [0.2, 0.25) is 11.6 Å². The minimum absolute atomic E-state index is 0.0563. The van der Waals surface area contributed by atoms with E-state index in [0.717, 1.165) is 19.4 Å². The summed E-state index contributed by atoms with van der Waals surface area (Å²) < 4.78 is 10.7. The third-order valence-corrected chi connectivity index (χ3v) is 4.52. The van der Waals surface area contributed by atoms with Crippen molar-refractivity contribution in [3.8, 4) is 5.95 Å². The van der Waals surface area contributed by atoms with Crippen LogP contribution in [-0.2, 0) is 4.79 Å². The molecule has 3 rings (SSSR count). The first-order valence-corrected chi connectivity index (χ1v) is 8.75. The number of nitrogens with one attached hydrogen (secondary N) is 1. The Morgan fingerprint density at radius 1 is 1.38 bits per heavy atom. The summed E-state index contributed by atoms with van der Waals surface area (Å²) in [6.07, 6.45) is 4.05. The van der Waals surface area contributed by atoms with Gasteiger partial charge in [-0.3, -0.25) is 9.59 Å². The van der Waals surface area contributed by atoms with Crippen molar-refractivity contribution < 1.29 is 18.7 Å². The molecule has 2 amide bonds. The van der Waals surface area contributed by atoms with Gasteiger partial charge in [0.15, 0.2) is 5.89 Å². The molecule has 2 heterocycles. The molecule has 0 aromatic carbocycles. The van der Waals surface area contributed by atoms with Crippen LogP contribution in [0.25, 0.3) is 0 Å². The van der Waals surface area contributed by atoms with Crippen molar-refractivity contribution in [1.82, 2.24) is 15.2 Å². The molecule has 0 bridgehead atoms. The second-order valence-corrected chi connectivity index (χ2v) is 6.58. The van der Waals surface area contributed by atoms with E-state index in [1.165, 1.54) is 12.8 Å². The molecular formula is C17H25N3O4. The van der Waals surface area contributed by atoms with E-state index in [4.69, 9.17) is 9.15 Å². The highest BCUT2D eigenvalue weighted by Gasteiger charge is 2.33. The lowest BCUT2D eigenvalue weighted by atomic mass is 9.97. The number of aromatic nitrogens is 1. The van der Waals surface area contributed by atoms with Crippen LogP contribution >= 0.6 is 0 Å². The lowest BCUT2D eigenvalue weighted by Crippen LogP contribution is -2.46. The van der Waals surface area contributed by atoms with Crippen molar-refractivity contribution in [1.29, 1.82) is 0 Å². The lowest BCUT2D eigenvalue weighted by molar-refractivity contribution is -0.126. The van der Waals surface area contributed by atoms with Crippen molar-refractivity contribution in [3.63, 3.8) is 0 Å². The van der Waals surface area contributed by atoms with E-state index in [2.05, 4.69) is 10.3 Å². The summed E-state index contributed by atoms with van der Waals surface area (Å²) in [6, 6.07) is 0. The fourth-order valence-corrected chi connectivity index (χ4v) is 3.01. The van der Waals surface area contributed by atoms with Crippen LogP contribution < -0.4 is 10.1 Å². The molecule has 132 valence electrons. The molecule has 7 heteroatoms. The van der Waals surface area contributed by atoms with E-state index in [9.17, 15) is 9.59 Å². The number of rotatable bonds is 6. The molecule has 2 aliphatic rings. The number of likely N-dealkylation sites (tertiary alicyclic amines) is 1. The molecule has 1 saturated heterocycles. The lowest BCUT2D eigenvalue weighted by Gasteiger charge is -2.31. The van der Waals surface area contributed by atoms with E-state index in [1.54, 1.807) is 11.8 Å². The zero-order valence-electron chi connectivity index (χ0n) is 14.3. The Labute approximate surface area is 141 Å². The fraction of sp³-hybridized carbons (Fsp3) is 0.706. The van der Waals surface area contributed by atoms with Gasteiger partial charge in [-0.25, -0.2) is 4.98 Å². The van der Waals surface area contributed by atoms with Gasteiger partial charge in [0.25, 0.3) is 5.91 Å². The molecule has 1 unspecified atom stereocenters. The zero-order chi connectivity index (χ0) is 17.1. The number of carbonyl (C=O) groups is 2. The Bertz CT molecular complexity index is 609. The molecule has 1 aliphatic heterocycles. The number of amides is 2. The SMILES string of the molecule is CCOc1oc(C)nc1C(=O)N1CCCC(C(=O)NCC2CC2)C1. The largest absolute Gasteiger partial charge is 0.464 e. The van der Waals surface area contributed by atoms with Gasteiger partial charge >= 0.3 is 5.95 Å². The van der Waals surface area contributed by atoms with Crippen LogP contribution in [0.15, 0.2) is 4.42 Å². The first kappa shape index (κ1) is 16.8. The smallest absolute Gasteiger partial charge is 0.318 e. The third-order valence-electron chi connectivity index (χ3n) is 4.52. The molecule has 0 spiro atoms. The van der Waals surface area contributed by atoms with Gasteiger partial charge in [-0.15, -0.1) is 0 Å². The molecule has 1 aromatic heterocycles. The standard InChI is InChI=1S/C17H25N3O4/c1-3-23-17-14(19-11(2)24-17)16(22)20-8-4-5-13(10-20)15(21)18-9-12-6-7-12/h12-13H,3-10H2,1-2H3,(H,18,21). The summed E-state index contributed by atoms with van der Waals surface area (Å²) in [7, 11) is 0. The van der Waals surface area contributed by atoms with E-state index in [-0.39, 0.29) is 29.4 Å². The Kier molecular flexibility index (Phi) is 5.06. The molecule has 1 saturated carbocycles. The first-order chi connectivity index (χ1) is 11.6. The topological polar surface area (TPSA) is 84.7 Å². The minimum Gasteiger partial charge on any atom is -0.464 e. The number of nitrogens with zero attached hydrogens (tertiary/aromatic N) is 2. The summed E-state index contributed by atoms with van der Waals surface area (Å²) in [5, 5.41) is 3.01. The van der Waals surface area contributed by atoms with Crippen LogP contribution in [0.4, 0.5) is 0 Å². The van der Waals surface area contributed by atoms with Crippen molar-refractivity contribution in [2.24, 2.45) is 11.8 Å². The monoisotopic (exact) mass is 335 g/mol. The minimum atomic E-state index is -0.227. The molecule has 1 N–H and O–H groups in total. The van der Waals surface area contributed by atoms with Gasteiger partial charge in [0.05, 0.1) is 12.5 Å². The maximum Gasteiger partial charge on any atom is 0.318 e. The predicted octanol–water partition coefficient (Wildman–Crippen LogP) is 1.76. The summed E-state index contributed by atoms with van der Waals surface area (Å²) in [6.45, 7) is 5.73. The molecule has 1 atom stereocenters. The summed E-state index contributed by atoms with van der Waals surface area (Å²) in [5.74, 6) is 0.903. The van der Waals surface area contributed by atoms with Crippen molar-refractivity contribution in [2.75, 3.05) is 26.2 Å². The number of piperidine rings is 1. The van der Waals surface area contributed by atoms with Crippen LogP contribution in [0.5, 0.6) is 5.95 Å². The van der Waals surface area contributed by atoms with Crippen molar-refractivity contribution in [2.45, 2.75) is 39.5 Å². The van der Waals surface area contributed by atoms with Gasteiger partial charge in [-0.1, -0.05) is 0 Å². The first-order valence-electron chi connectivity index (χ1n) is 8.75. The Hall–Kier alpha value is -2.05. The number of oxazole rings is 1. The van der Waals surface area contributed by atoms with Gasteiger partial charge in [-0.2, -0.15) is 0 Å². The highest BCUT2D eigenvalue weighted by atomic mass is 16.6. The molecule has 1 aliphatic carbocycles. The van der Waals surface area contributed by atoms with Crippen LogP contribution in [0, 0.1) is 18.8 Å². The molecule has 0 radical (unpaired) electrons. The number of hydrogen-bond acceptors (Lipinski definition) is 5. The summed E-state index contributed by atoms with van der Waals surface area (Å²) >= 11 is 0. The second-order valence-electron chi connectivity index (χ2n) is 6.58. The molecule has 1 aromatic rings. The van der Waals surface area contributed by atoms with Crippen molar-refractivity contribution in [3.05, 3.63) is 11.6 Å². The fourth-order valence-electron chi connectivity index (χ4n) is 3.01. The highest BCUT2D eigenvalue weighted by molar-refractivity contribution is 5.94. The van der Waals surface area contributed by atoms with E-state index in [1.807, 2.05) is 6.92 Å². The van der Waals surface area contributed by atoms with Gasteiger partial charge in [-0.05, 0) is 38.5 Å². The predicted molar refractivity (Wildman–Crippen MR) is 86.8 cm³/mol. The highest BCUT2D eigenvalue weighted by Crippen LogP contribution is 2.28. The van der Waals surface area contributed by atoms with Crippen LogP contribution in [0.1, 0.15) is 49.0 Å². The molecular weight excluding hydrogens is 310 g/mol. The molecule has 7 nitrogen and oxygen atoms in total. The normalized spacial score (nSPS) is 20.8. The zero-order valence-corrected chi connectivity index (χ0v) is 14.3. The summed E-state index contributed by atoms with van der Waals surface area (Å²) in [5.41, 5.74) is 0.202. The van der Waals surface area contributed by atoms with Crippen LogP contribution in [-0.4, -0.2) is 47.9 Å². The van der Waals surface area contributed by atoms with Gasteiger partial charge in [0, 0.05) is 26.6 Å². The number of carbonyl (C=O) groups excluding carboxylic acids is 2. The van der Waals surface area contributed by atoms with Crippen LogP contribution in [0.2, 0.25) is 0 Å². The number of hydrogen-bond donors (Lipinski definition) is 1. The average molecular weight is 335 g/mol. The van der Waals surface area contributed by atoms with Crippen molar-refractivity contribution >= 4 is 11.8 Å². The van der Waals surface area contributed by atoms with E-state index in [0.29, 0.717) is 31.5 Å². The Morgan fingerprint density at radius 2 is 2.17 bits per heavy atom. The van der Waals surface area contributed by atoms with Gasteiger partial charge < -0.3 is 19.4 Å². The number of ether oxygens (including phenoxy) is 1. The Morgan fingerprint density at radius 3 is 2.88 bits per heavy atom. The third kappa shape index (κ3) is 3.88. The van der Waals surface area contributed by atoms with E-state index < -0.39 is 0 Å². The average Bonchev–Trinajstić information content (AvgIpc) is 3.34. The number of aryl methyl sites for hydroxylation is 1. The Balaban J connectivity index is 1.63. The maximum absolute atomic E-state index is 12.7. The maximum atomic E-state index is 12.7. The van der Waals surface area contributed by atoms with Gasteiger partial charge in [0.1, 0.15) is 0 Å². The van der Waals surface area contributed by atoms with Crippen LogP contribution in [0.3, 0.4) is 0 Å². The van der Waals surface area contributed by atoms with E-state index >= 15 is 0 Å². The quantitative estimate of drug-likeness (QED) is 0.856.